The first-order valence-electron chi connectivity index (χ1n) is 4.50. The fraction of sp³-hybridized carbons (Fsp3) is 0.444. The molecule has 15 heavy (non-hydrogen) atoms. The highest BCUT2D eigenvalue weighted by atomic mass is 32.2. The molecule has 0 fully saturated rings. The molecule has 1 heterocycles. The predicted octanol–water partition coefficient (Wildman–Crippen LogP) is 2.15. The van der Waals surface area contributed by atoms with Gasteiger partial charge in [0.05, 0.1) is 11.0 Å². The predicted molar refractivity (Wildman–Crippen MR) is 62.4 cm³/mol. The van der Waals surface area contributed by atoms with Gasteiger partial charge in [-0.3, -0.25) is 10.1 Å². The Morgan fingerprint density at radius 3 is 3.07 bits per heavy atom. The maximum atomic E-state index is 10.5. The molecule has 0 spiro atoms. The summed E-state index contributed by atoms with van der Waals surface area (Å²) in [4.78, 5) is 14.1. The van der Waals surface area contributed by atoms with Crippen molar-refractivity contribution in [1.82, 2.24) is 4.98 Å². The molecular formula is C9H13N3O2S. The maximum Gasteiger partial charge on any atom is 0.274 e. The molecule has 0 bridgehead atoms. The Morgan fingerprint density at radius 1 is 1.73 bits per heavy atom. The van der Waals surface area contributed by atoms with Gasteiger partial charge < -0.3 is 5.32 Å². The zero-order valence-electron chi connectivity index (χ0n) is 8.64. The van der Waals surface area contributed by atoms with Gasteiger partial charge in [-0.2, -0.15) is 11.8 Å². The summed E-state index contributed by atoms with van der Waals surface area (Å²) >= 11 is 1.73. The first-order valence-corrected chi connectivity index (χ1v) is 5.79. The molecule has 0 amide bonds. The topological polar surface area (TPSA) is 68.1 Å². The molecule has 1 rings (SSSR count). The lowest BCUT2D eigenvalue weighted by atomic mass is 10.4. The number of pyridine rings is 1. The molecule has 6 heteroatoms. The highest BCUT2D eigenvalue weighted by Crippen LogP contribution is 2.14. The van der Waals surface area contributed by atoms with Gasteiger partial charge in [0.1, 0.15) is 5.82 Å². The van der Waals surface area contributed by atoms with Crippen LogP contribution in [-0.2, 0) is 0 Å². The van der Waals surface area contributed by atoms with Crippen LogP contribution in [0, 0.1) is 10.1 Å². The fourth-order valence-electron chi connectivity index (χ4n) is 0.961. The summed E-state index contributed by atoms with van der Waals surface area (Å²) < 4.78 is 0. The van der Waals surface area contributed by atoms with Crippen molar-refractivity contribution in [2.75, 3.05) is 18.1 Å². The van der Waals surface area contributed by atoms with E-state index in [9.17, 15) is 10.1 Å². The summed E-state index contributed by atoms with van der Waals surface area (Å²) in [7, 11) is 0. The van der Waals surface area contributed by atoms with Crippen molar-refractivity contribution in [3.63, 3.8) is 0 Å². The van der Waals surface area contributed by atoms with Crippen LogP contribution >= 0.6 is 11.8 Å². The molecule has 1 unspecified atom stereocenters. The van der Waals surface area contributed by atoms with Crippen LogP contribution in [0.4, 0.5) is 11.5 Å². The Hall–Kier alpha value is -1.30. The fourth-order valence-corrected chi connectivity index (χ4v) is 1.21. The van der Waals surface area contributed by atoms with E-state index in [0.29, 0.717) is 11.1 Å². The minimum absolute atomic E-state index is 0.0595. The normalized spacial score (nSPS) is 12.1. The van der Waals surface area contributed by atoms with E-state index in [1.807, 2.05) is 6.26 Å². The van der Waals surface area contributed by atoms with E-state index in [0.717, 1.165) is 6.54 Å². The van der Waals surface area contributed by atoms with Gasteiger partial charge >= 0.3 is 0 Å². The molecule has 0 radical (unpaired) electrons. The lowest BCUT2D eigenvalue weighted by molar-refractivity contribution is -0.384. The summed E-state index contributed by atoms with van der Waals surface area (Å²) in [5.74, 6) is 0.546. The Balaban J connectivity index is 2.62. The number of nitro groups is 1. The standard InChI is InChI=1S/C9H13N3O2S/c1-7(15-2)6-11-9-5-8(12(13)14)3-4-10-9/h3-5,7H,6H2,1-2H3,(H,10,11). The monoisotopic (exact) mass is 227 g/mol. The Labute approximate surface area is 92.4 Å². The molecule has 0 aliphatic carbocycles. The van der Waals surface area contributed by atoms with E-state index in [-0.39, 0.29) is 5.69 Å². The highest BCUT2D eigenvalue weighted by molar-refractivity contribution is 7.99. The van der Waals surface area contributed by atoms with Crippen molar-refractivity contribution in [3.8, 4) is 0 Å². The van der Waals surface area contributed by atoms with Gasteiger partial charge in [-0.1, -0.05) is 6.92 Å². The SMILES string of the molecule is CSC(C)CNc1cc([N+](=O)[O-])ccn1. The number of nitrogens with one attached hydrogen (secondary N) is 1. The van der Waals surface area contributed by atoms with E-state index in [1.165, 1.54) is 18.3 Å². The first kappa shape index (κ1) is 11.8. The van der Waals surface area contributed by atoms with Crippen LogP contribution in [0.15, 0.2) is 18.3 Å². The van der Waals surface area contributed by atoms with Gasteiger partial charge in [0.25, 0.3) is 5.69 Å². The Bertz CT molecular complexity index is 346. The van der Waals surface area contributed by atoms with Gasteiger partial charge in [0, 0.05) is 24.1 Å². The van der Waals surface area contributed by atoms with Crippen molar-refractivity contribution in [2.45, 2.75) is 12.2 Å². The summed E-state index contributed by atoms with van der Waals surface area (Å²) in [6.07, 6.45) is 3.46. The third-order valence-electron chi connectivity index (χ3n) is 1.93. The number of hydrogen-bond acceptors (Lipinski definition) is 5. The van der Waals surface area contributed by atoms with Crippen molar-refractivity contribution in [1.29, 1.82) is 0 Å². The quantitative estimate of drug-likeness (QED) is 0.616. The van der Waals surface area contributed by atoms with Crippen LogP contribution in [0.3, 0.4) is 0 Å². The van der Waals surface area contributed by atoms with Gasteiger partial charge in [-0.25, -0.2) is 4.98 Å². The van der Waals surface area contributed by atoms with Crippen LogP contribution < -0.4 is 5.32 Å². The van der Waals surface area contributed by atoms with E-state index in [1.54, 1.807) is 11.8 Å². The maximum absolute atomic E-state index is 10.5. The van der Waals surface area contributed by atoms with Crippen molar-refractivity contribution in [2.24, 2.45) is 0 Å². The summed E-state index contributed by atoms with van der Waals surface area (Å²) in [6, 6.07) is 2.82. The van der Waals surface area contributed by atoms with Crippen LogP contribution in [0.2, 0.25) is 0 Å². The molecule has 0 aromatic carbocycles. The molecule has 0 saturated heterocycles. The first-order chi connectivity index (χ1) is 7.13. The second kappa shape index (κ2) is 5.55. The zero-order chi connectivity index (χ0) is 11.3. The third kappa shape index (κ3) is 3.75. The van der Waals surface area contributed by atoms with E-state index < -0.39 is 4.92 Å². The average Bonchev–Trinajstić information content (AvgIpc) is 2.26. The molecule has 1 atom stereocenters. The van der Waals surface area contributed by atoms with Gasteiger partial charge in [-0.15, -0.1) is 0 Å². The largest absolute Gasteiger partial charge is 0.369 e. The average molecular weight is 227 g/mol. The van der Waals surface area contributed by atoms with Crippen LogP contribution in [0.5, 0.6) is 0 Å². The van der Waals surface area contributed by atoms with Gasteiger partial charge in [-0.05, 0) is 6.26 Å². The molecule has 0 aliphatic heterocycles. The number of hydrogen-bond donors (Lipinski definition) is 1. The van der Waals surface area contributed by atoms with E-state index in [4.69, 9.17) is 0 Å². The summed E-state index contributed by atoms with van der Waals surface area (Å²) in [5.41, 5.74) is 0.0595. The van der Waals surface area contributed by atoms with Crippen LogP contribution in [-0.4, -0.2) is 28.0 Å². The van der Waals surface area contributed by atoms with Gasteiger partial charge in [0.15, 0.2) is 0 Å². The van der Waals surface area contributed by atoms with Crippen molar-refractivity contribution in [3.05, 3.63) is 28.4 Å². The Morgan fingerprint density at radius 2 is 2.47 bits per heavy atom. The summed E-state index contributed by atoms with van der Waals surface area (Å²) in [6.45, 7) is 2.82. The molecule has 0 aliphatic rings. The lowest BCUT2D eigenvalue weighted by Gasteiger charge is -2.09. The van der Waals surface area contributed by atoms with E-state index >= 15 is 0 Å². The molecule has 5 nitrogen and oxygen atoms in total. The van der Waals surface area contributed by atoms with Crippen LogP contribution in [0.1, 0.15) is 6.92 Å². The molecule has 82 valence electrons. The van der Waals surface area contributed by atoms with Crippen LogP contribution in [0.25, 0.3) is 0 Å². The van der Waals surface area contributed by atoms with Crippen molar-refractivity contribution >= 4 is 23.3 Å². The Kier molecular flexibility index (Phi) is 4.36. The number of thioether (sulfide) groups is 1. The molecule has 1 aromatic rings. The number of anilines is 1. The minimum atomic E-state index is -0.426. The van der Waals surface area contributed by atoms with Gasteiger partial charge in [0.2, 0.25) is 0 Å². The zero-order valence-corrected chi connectivity index (χ0v) is 9.45. The highest BCUT2D eigenvalue weighted by Gasteiger charge is 2.07. The second-order valence-electron chi connectivity index (χ2n) is 3.08. The minimum Gasteiger partial charge on any atom is -0.369 e. The molecular weight excluding hydrogens is 214 g/mol. The molecule has 1 aromatic heterocycles. The molecule has 0 saturated carbocycles. The van der Waals surface area contributed by atoms with E-state index in [2.05, 4.69) is 17.2 Å². The lowest BCUT2D eigenvalue weighted by Crippen LogP contribution is -2.13. The second-order valence-corrected chi connectivity index (χ2v) is 4.36. The smallest absolute Gasteiger partial charge is 0.274 e. The number of rotatable bonds is 5. The number of aromatic nitrogens is 1. The molecule has 1 N–H and O–H groups in total. The van der Waals surface area contributed by atoms with Crippen molar-refractivity contribution < 1.29 is 4.92 Å². The third-order valence-corrected chi connectivity index (χ3v) is 2.90. The number of nitrogens with zero attached hydrogens (tertiary/aromatic N) is 2. The summed E-state index contributed by atoms with van der Waals surface area (Å²) in [5, 5.41) is 14.0.